The van der Waals surface area contributed by atoms with Crippen LogP contribution in [0.5, 0.6) is 0 Å². The van der Waals surface area contributed by atoms with E-state index in [1.54, 1.807) is 11.3 Å². The van der Waals surface area contributed by atoms with Gasteiger partial charge in [-0.2, -0.15) is 0 Å². The molecule has 2 atom stereocenters. The van der Waals surface area contributed by atoms with E-state index in [-0.39, 0.29) is 6.10 Å². The van der Waals surface area contributed by atoms with Crippen LogP contribution in [0.15, 0.2) is 12.1 Å². The molecule has 0 radical (unpaired) electrons. The lowest BCUT2D eigenvalue weighted by molar-refractivity contribution is 0.0815. The molecule has 1 N–H and O–H groups in total. The van der Waals surface area contributed by atoms with E-state index in [0.29, 0.717) is 12.5 Å². The number of thiophene rings is 1. The molecule has 4 heteroatoms. The van der Waals surface area contributed by atoms with Crippen molar-refractivity contribution in [3.8, 4) is 0 Å². The van der Waals surface area contributed by atoms with Gasteiger partial charge >= 0.3 is 0 Å². The fraction of sp³-hybridized carbons (Fsp3) is 0.667. The van der Waals surface area contributed by atoms with Gasteiger partial charge in [-0.05, 0) is 37.8 Å². The average Bonchev–Trinajstić information content (AvgIpc) is 2.87. The maximum atomic E-state index is 9.88. The van der Waals surface area contributed by atoms with Crippen LogP contribution < -0.4 is 0 Å². The number of hydrogen-bond donors (Lipinski definition) is 1. The quantitative estimate of drug-likeness (QED) is 0.881. The first kappa shape index (κ1) is 12.4. The Labute approximate surface area is 105 Å². The Morgan fingerprint density at radius 3 is 3.06 bits per heavy atom. The molecule has 0 bridgehead atoms. The summed E-state index contributed by atoms with van der Waals surface area (Å²) < 4.78 is 6.32. The molecule has 0 aromatic carbocycles. The summed E-state index contributed by atoms with van der Waals surface area (Å²) in [5.74, 6) is 0. The molecular formula is C12H17ClO2S. The lowest BCUT2D eigenvalue weighted by Gasteiger charge is -2.12. The molecule has 1 fully saturated rings. The van der Waals surface area contributed by atoms with Gasteiger partial charge in [0.2, 0.25) is 0 Å². The number of ether oxygens (including phenoxy) is 1. The highest BCUT2D eigenvalue weighted by atomic mass is 35.5. The summed E-state index contributed by atoms with van der Waals surface area (Å²) in [6.45, 7) is 0.890. The second kappa shape index (κ2) is 6.01. The van der Waals surface area contributed by atoms with E-state index >= 15 is 0 Å². The maximum absolute atomic E-state index is 9.88. The number of hydrogen-bond acceptors (Lipinski definition) is 3. The average molecular weight is 261 g/mol. The predicted molar refractivity (Wildman–Crippen MR) is 67.2 cm³/mol. The third-order valence-electron chi connectivity index (χ3n) is 2.91. The summed E-state index contributed by atoms with van der Waals surface area (Å²) >= 11 is 7.39. The van der Waals surface area contributed by atoms with E-state index in [4.69, 9.17) is 16.3 Å². The molecule has 2 nitrogen and oxygen atoms in total. The second-order valence-corrected chi connectivity index (χ2v) is 6.08. The third-order valence-corrected chi connectivity index (χ3v) is 4.16. The first-order valence-corrected chi connectivity index (χ1v) is 6.97. The van der Waals surface area contributed by atoms with Crippen molar-refractivity contribution < 1.29 is 9.84 Å². The van der Waals surface area contributed by atoms with Gasteiger partial charge < -0.3 is 9.84 Å². The van der Waals surface area contributed by atoms with Gasteiger partial charge in [-0.25, -0.2) is 0 Å². The largest absolute Gasteiger partial charge is 0.393 e. The van der Waals surface area contributed by atoms with Crippen molar-refractivity contribution in [1.82, 2.24) is 0 Å². The normalized spacial score (nSPS) is 22.5. The van der Waals surface area contributed by atoms with E-state index in [0.717, 1.165) is 35.1 Å². The summed E-state index contributed by atoms with van der Waals surface area (Å²) in [5.41, 5.74) is 0. The first-order chi connectivity index (χ1) is 7.74. The van der Waals surface area contributed by atoms with Crippen LogP contribution in [0.4, 0.5) is 0 Å². The van der Waals surface area contributed by atoms with Crippen LogP contribution in [-0.4, -0.2) is 23.9 Å². The monoisotopic (exact) mass is 260 g/mol. The number of halogens is 1. The fourth-order valence-electron chi connectivity index (χ4n) is 2.05. The maximum Gasteiger partial charge on any atom is 0.0931 e. The minimum Gasteiger partial charge on any atom is -0.393 e. The van der Waals surface area contributed by atoms with Crippen LogP contribution in [0, 0.1) is 0 Å². The van der Waals surface area contributed by atoms with Crippen molar-refractivity contribution >= 4 is 22.9 Å². The highest BCUT2D eigenvalue weighted by molar-refractivity contribution is 7.16. The molecule has 90 valence electrons. The fourth-order valence-corrected chi connectivity index (χ4v) is 3.20. The smallest absolute Gasteiger partial charge is 0.0931 e. The van der Waals surface area contributed by atoms with Gasteiger partial charge in [0.1, 0.15) is 0 Å². The van der Waals surface area contributed by atoms with E-state index in [2.05, 4.69) is 0 Å². The minimum absolute atomic E-state index is 0.265. The molecular weight excluding hydrogens is 244 g/mol. The highest BCUT2D eigenvalue weighted by Crippen LogP contribution is 2.24. The van der Waals surface area contributed by atoms with Crippen molar-refractivity contribution in [2.24, 2.45) is 0 Å². The Bertz CT molecular complexity index is 321. The minimum atomic E-state index is -0.265. The zero-order chi connectivity index (χ0) is 11.4. The highest BCUT2D eigenvalue weighted by Gasteiger charge is 2.17. The summed E-state index contributed by atoms with van der Waals surface area (Å²) in [4.78, 5) is 1.16. The molecule has 0 saturated carbocycles. The van der Waals surface area contributed by atoms with Crippen molar-refractivity contribution in [3.05, 3.63) is 21.3 Å². The van der Waals surface area contributed by atoms with Crippen molar-refractivity contribution in [2.45, 2.75) is 44.3 Å². The molecule has 1 saturated heterocycles. The van der Waals surface area contributed by atoms with Gasteiger partial charge in [-0.15, -0.1) is 11.3 Å². The van der Waals surface area contributed by atoms with Crippen LogP contribution in [0.25, 0.3) is 0 Å². The Hall–Kier alpha value is -0.0900. The molecule has 0 spiro atoms. The van der Waals surface area contributed by atoms with Crippen molar-refractivity contribution in [2.75, 3.05) is 6.61 Å². The van der Waals surface area contributed by atoms with Crippen molar-refractivity contribution in [1.29, 1.82) is 0 Å². The number of aliphatic hydroxyl groups is 1. The van der Waals surface area contributed by atoms with E-state index < -0.39 is 0 Å². The molecule has 2 heterocycles. The summed E-state index contributed by atoms with van der Waals surface area (Å²) in [6, 6.07) is 3.87. The number of aliphatic hydroxyl groups excluding tert-OH is 1. The van der Waals surface area contributed by atoms with Crippen LogP contribution in [0.2, 0.25) is 4.34 Å². The molecule has 2 rings (SSSR count). The van der Waals surface area contributed by atoms with E-state index in [1.807, 2.05) is 12.1 Å². The lowest BCUT2D eigenvalue weighted by Crippen LogP contribution is -2.14. The third kappa shape index (κ3) is 3.74. The SMILES string of the molecule is OC(CCC1CCCO1)Cc1ccc(Cl)s1. The van der Waals surface area contributed by atoms with Gasteiger partial charge in [-0.1, -0.05) is 11.6 Å². The van der Waals surface area contributed by atoms with Gasteiger partial charge in [0.15, 0.2) is 0 Å². The van der Waals surface area contributed by atoms with Gasteiger partial charge in [0, 0.05) is 17.9 Å². The zero-order valence-electron chi connectivity index (χ0n) is 9.19. The molecule has 1 aromatic heterocycles. The number of rotatable bonds is 5. The van der Waals surface area contributed by atoms with E-state index in [9.17, 15) is 5.11 Å². The molecule has 1 aliphatic rings. The Morgan fingerprint density at radius 1 is 1.56 bits per heavy atom. The molecule has 2 unspecified atom stereocenters. The predicted octanol–water partition coefficient (Wildman–Crippen LogP) is 3.26. The van der Waals surface area contributed by atoms with E-state index in [1.165, 1.54) is 6.42 Å². The molecule has 0 amide bonds. The van der Waals surface area contributed by atoms with Crippen molar-refractivity contribution in [3.63, 3.8) is 0 Å². The standard InChI is InChI=1S/C12H17ClO2S/c13-12-6-5-11(16-12)8-9(14)3-4-10-2-1-7-15-10/h5-6,9-10,14H,1-4,7-8H2. The van der Waals surface area contributed by atoms with Crippen LogP contribution in [0.1, 0.15) is 30.6 Å². The van der Waals surface area contributed by atoms with Crippen LogP contribution >= 0.6 is 22.9 Å². The Balaban J connectivity index is 1.69. The van der Waals surface area contributed by atoms with Gasteiger partial charge in [-0.3, -0.25) is 0 Å². The Morgan fingerprint density at radius 2 is 2.44 bits per heavy atom. The molecule has 1 aliphatic heterocycles. The lowest BCUT2D eigenvalue weighted by atomic mass is 10.1. The van der Waals surface area contributed by atoms with Crippen LogP contribution in [0.3, 0.4) is 0 Å². The molecule has 16 heavy (non-hydrogen) atoms. The zero-order valence-corrected chi connectivity index (χ0v) is 10.8. The molecule has 0 aliphatic carbocycles. The van der Waals surface area contributed by atoms with Gasteiger partial charge in [0.25, 0.3) is 0 Å². The van der Waals surface area contributed by atoms with Gasteiger partial charge in [0.05, 0.1) is 16.5 Å². The topological polar surface area (TPSA) is 29.5 Å². The first-order valence-electron chi connectivity index (χ1n) is 5.78. The second-order valence-electron chi connectivity index (χ2n) is 4.28. The summed E-state index contributed by atoms with van der Waals surface area (Å²) in [6.07, 6.45) is 4.93. The van der Waals surface area contributed by atoms with Crippen LogP contribution in [-0.2, 0) is 11.2 Å². The molecule has 1 aromatic rings. The Kier molecular flexibility index (Phi) is 4.65. The summed E-state index contributed by atoms with van der Waals surface area (Å²) in [7, 11) is 0. The summed E-state index contributed by atoms with van der Waals surface area (Å²) in [5, 5.41) is 9.88.